The van der Waals surface area contributed by atoms with E-state index in [0.717, 1.165) is 40.8 Å². The van der Waals surface area contributed by atoms with E-state index in [1.54, 1.807) is 12.4 Å². The van der Waals surface area contributed by atoms with Crippen molar-refractivity contribution < 1.29 is 0 Å². The van der Waals surface area contributed by atoms with Gasteiger partial charge in [-0.2, -0.15) is 0 Å². The topological polar surface area (TPSA) is 94.5 Å². The molecule has 0 bridgehead atoms. The molecule has 0 atom stereocenters. The van der Waals surface area contributed by atoms with E-state index < -0.39 is 0 Å². The molecule has 0 aliphatic heterocycles. The molecule has 7 nitrogen and oxygen atoms in total. The van der Waals surface area contributed by atoms with Gasteiger partial charge in [0.15, 0.2) is 5.65 Å². The SMILES string of the molecule is CNc1ccc2ccc(CCc3cncc(-n4cc(Cl)c5c(N)ncnc54)c3)cc2n1. The van der Waals surface area contributed by atoms with Gasteiger partial charge < -0.3 is 11.1 Å². The summed E-state index contributed by atoms with van der Waals surface area (Å²) in [6.07, 6.45) is 8.65. The fraction of sp³-hybridized carbons (Fsp3) is 0.130. The van der Waals surface area contributed by atoms with Crippen molar-refractivity contribution in [2.75, 3.05) is 18.1 Å². The quantitative estimate of drug-likeness (QED) is 0.429. The Bertz CT molecular complexity index is 1410. The van der Waals surface area contributed by atoms with Gasteiger partial charge in [0, 0.05) is 24.8 Å². The molecule has 0 aliphatic carbocycles. The predicted octanol–water partition coefficient (Wildman–Crippen LogP) is 4.43. The van der Waals surface area contributed by atoms with Crippen LogP contribution >= 0.6 is 11.6 Å². The number of anilines is 2. The summed E-state index contributed by atoms with van der Waals surface area (Å²) in [5.74, 6) is 1.23. The number of aryl methyl sites for hydroxylation is 2. The maximum absolute atomic E-state index is 6.37. The Hall–Kier alpha value is -3.71. The van der Waals surface area contributed by atoms with Gasteiger partial charge in [0.2, 0.25) is 0 Å². The summed E-state index contributed by atoms with van der Waals surface area (Å²) < 4.78 is 1.89. The molecule has 31 heavy (non-hydrogen) atoms. The Kier molecular flexibility index (Phi) is 4.88. The molecule has 5 aromatic rings. The third-order valence-electron chi connectivity index (χ3n) is 5.34. The number of hydrogen-bond donors (Lipinski definition) is 2. The summed E-state index contributed by atoms with van der Waals surface area (Å²) in [5, 5.41) is 5.39. The molecule has 4 heterocycles. The lowest BCUT2D eigenvalue weighted by atomic mass is 10.0. The highest BCUT2D eigenvalue weighted by Crippen LogP contribution is 2.30. The van der Waals surface area contributed by atoms with Gasteiger partial charge in [0.05, 0.1) is 27.8 Å². The molecule has 0 saturated heterocycles. The summed E-state index contributed by atoms with van der Waals surface area (Å²) in [7, 11) is 1.87. The zero-order valence-electron chi connectivity index (χ0n) is 16.9. The Morgan fingerprint density at radius 2 is 1.87 bits per heavy atom. The van der Waals surface area contributed by atoms with E-state index >= 15 is 0 Å². The van der Waals surface area contributed by atoms with Crippen LogP contribution in [0.2, 0.25) is 5.02 Å². The van der Waals surface area contributed by atoms with E-state index in [1.165, 1.54) is 11.9 Å². The average molecular weight is 430 g/mol. The summed E-state index contributed by atoms with van der Waals surface area (Å²) in [5.41, 5.74) is 10.9. The van der Waals surface area contributed by atoms with Crippen LogP contribution < -0.4 is 11.1 Å². The minimum atomic E-state index is 0.365. The number of pyridine rings is 2. The molecule has 8 heteroatoms. The first-order valence-electron chi connectivity index (χ1n) is 9.91. The lowest BCUT2D eigenvalue weighted by Crippen LogP contribution is -1.99. The van der Waals surface area contributed by atoms with Crippen molar-refractivity contribution in [1.29, 1.82) is 0 Å². The number of hydrogen-bond acceptors (Lipinski definition) is 6. The minimum absolute atomic E-state index is 0.365. The van der Waals surface area contributed by atoms with Gasteiger partial charge in [0.1, 0.15) is 18.0 Å². The number of nitrogens with zero attached hydrogens (tertiary/aromatic N) is 5. The van der Waals surface area contributed by atoms with Gasteiger partial charge in [-0.15, -0.1) is 0 Å². The Labute approximate surface area is 183 Å². The van der Waals surface area contributed by atoms with E-state index in [2.05, 4.69) is 55.6 Å². The summed E-state index contributed by atoms with van der Waals surface area (Å²) in [6.45, 7) is 0. The van der Waals surface area contributed by atoms with Crippen molar-refractivity contribution in [3.63, 3.8) is 0 Å². The first-order chi connectivity index (χ1) is 15.1. The molecule has 0 saturated carbocycles. The highest BCUT2D eigenvalue weighted by molar-refractivity contribution is 6.36. The van der Waals surface area contributed by atoms with Gasteiger partial charge in [-0.25, -0.2) is 15.0 Å². The maximum atomic E-state index is 6.37. The Morgan fingerprint density at radius 3 is 2.74 bits per heavy atom. The van der Waals surface area contributed by atoms with Crippen LogP contribution in [0.5, 0.6) is 0 Å². The van der Waals surface area contributed by atoms with Crippen molar-refractivity contribution in [2.24, 2.45) is 0 Å². The van der Waals surface area contributed by atoms with Gasteiger partial charge in [0.25, 0.3) is 0 Å². The molecule has 0 radical (unpaired) electrons. The molecule has 0 fully saturated rings. The minimum Gasteiger partial charge on any atom is -0.383 e. The smallest absolute Gasteiger partial charge is 0.151 e. The molecule has 4 aromatic heterocycles. The standard InChI is InChI=1S/C23H20ClN7/c1-26-20-7-6-16-5-4-14(9-19(16)30-20)2-3-15-8-17(11-27-10-15)31-12-18(24)21-22(25)28-13-29-23(21)31/h4-13H,2-3H2,1H3,(H,26,30)(H2,25,28,29). The first-order valence-corrected chi connectivity index (χ1v) is 10.3. The highest BCUT2D eigenvalue weighted by atomic mass is 35.5. The molecule has 3 N–H and O–H groups in total. The number of rotatable bonds is 5. The van der Waals surface area contributed by atoms with E-state index in [-0.39, 0.29) is 0 Å². The first kappa shape index (κ1) is 19.3. The van der Waals surface area contributed by atoms with Crippen molar-refractivity contribution in [2.45, 2.75) is 12.8 Å². The number of nitrogens with one attached hydrogen (secondary N) is 1. The number of halogens is 1. The zero-order chi connectivity index (χ0) is 21.4. The van der Waals surface area contributed by atoms with Gasteiger partial charge >= 0.3 is 0 Å². The van der Waals surface area contributed by atoms with Gasteiger partial charge in [-0.05, 0) is 48.2 Å². The van der Waals surface area contributed by atoms with Gasteiger partial charge in [-0.3, -0.25) is 9.55 Å². The number of fused-ring (bicyclic) bond motifs is 2. The van der Waals surface area contributed by atoms with E-state index in [0.29, 0.717) is 21.9 Å². The summed E-state index contributed by atoms with van der Waals surface area (Å²) in [4.78, 5) is 17.5. The normalized spacial score (nSPS) is 11.3. The second kappa shape index (κ2) is 7.85. The third-order valence-corrected chi connectivity index (χ3v) is 5.63. The lowest BCUT2D eigenvalue weighted by molar-refractivity contribution is 0.941. The van der Waals surface area contributed by atoms with Crippen molar-refractivity contribution in [1.82, 2.24) is 24.5 Å². The van der Waals surface area contributed by atoms with Crippen LogP contribution in [0.1, 0.15) is 11.1 Å². The fourth-order valence-electron chi connectivity index (χ4n) is 3.73. The second-order valence-corrected chi connectivity index (χ2v) is 7.74. The van der Waals surface area contributed by atoms with Gasteiger partial charge in [-0.1, -0.05) is 23.7 Å². The monoisotopic (exact) mass is 429 g/mol. The maximum Gasteiger partial charge on any atom is 0.151 e. The number of benzene rings is 1. The number of nitrogens with two attached hydrogens (primary N) is 1. The average Bonchev–Trinajstić information content (AvgIpc) is 3.15. The molecule has 1 aromatic carbocycles. The van der Waals surface area contributed by atoms with Crippen LogP contribution in [0.4, 0.5) is 11.6 Å². The van der Waals surface area contributed by atoms with Crippen molar-refractivity contribution >= 4 is 45.2 Å². The molecular weight excluding hydrogens is 410 g/mol. The van der Waals surface area contributed by atoms with Crippen LogP contribution in [0, 0.1) is 0 Å². The van der Waals surface area contributed by atoms with Crippen molar-refractivity contribution in [3.8, 4) is 5.69 Å². The van der Waals surface area contributed by atoms with E-state index in [9.17, 15) is 0 Å². The molecule has 5 rings (SSSR count). The largest absolute Gasteiger partial charge is 0.383 e. The fourth-order valence-corrected chi connectivity index (χ4v) is 4.00. The number of aromatic nitrogens is 5. The van der Waals surface area contributed by atoms with E-state index in [1.807, 2.05) is 23.9 Å². The molecule has 0 aliphatic rings. The van der Waals surface area contributed by atoms with Crippen LogP contribution in [-0.2, 0) is 12.8 Å². The Balaban J connectivity index is 1.42. The van der Waals surface area contributed by atoms with E-state index in [4.69, 9.17) is 17.3 Å². The van der Waals surface area contributed by atoms with Crippen LogP contribution in [-0.4, -0.2) is 31.6 Å². The summed E-state index contributed by atoms with van der Waals surface area (Å²) >= 11 is 6.37. The predicted molar refractivity (Wildman–Crippen MR) is 125 cm³/mol. The molecule has 0 spiro atoms. The van der Waals surface area contributed by atoms with Crippen LogP contribution in [0.25, 0.3) is 27.6 Å². The second-order valence-electron chi connectivity index (χ2n) is 7.33. The third kappa shape index (κ3) is 3.64. The Morgan fingerprint density at radius 1 is 1.03 bits per heavy atom. The molecule has 0 unspecified atom stereocenters. The highest BCUT2D eigenvalue weighted by Gasteiger charge is 2.13. The summed E-state index contributed by atoms with van der Waals surface area (Å²) in [6, 6.07) is 12.6. The van der Waals surface area contributed by atoms with Crippen molar-refractivity contribution in [3.05, 3.63) is 77.5 Å². The molecule has 0 amide bonds. The lowest BCUT2D eigenvalue weighted by Gasteiger charge is -2.08. The zero-order valence-corrected chi connectivity index (χ0v) is 17.6. The molecular formula is C23H20ClN7. The number of nitrogen functional groups attached to an aromatic ring is 1. The van der Waals surface area contributed by atoms with Crippen LogP contribution in [0.15, 0.2) is 61.3 Å². The van der Waals surface area contributed by atoms with Crippen LogP contribution in [0.3, 0.4) is 0 Å². The molecule has 154 valence electrons.